The summed E-state index contributed by atoms with van der Waals surface area (Å²) in [6.07, 6.45) is 0.367. The van der Waals surface area contributed by atoms with Crippen LogP contribution in [-0.4, -0.2) is 30.5 Å². The third-order valence-corrected chi connectivity index (χ3v) is 3.22. The van der Waals surface area contributed by atoms with Crippen molar-refractivity contribution in [3.63, 3.8) is 0 Å². The van der Waals surface area contributed by atoms with E-state index in [-0.39, 0.29) is 17.6 Å². The van der Waals surface area contributed by atoms with Gasteiger partial charge in [-0.2, -0.15) is 8.78 Å². The standard InChI is InChI=1S/C13H14F2N4O2/c14-13(15)21-11-3-1-9(2-4-11)7-19-8-10(5-12(19)20)6-17-18-16/h1-4,10,13H,5-8H2. The molecule has 21 heavy (non-hydrogen) atoms. The average molecular weight is 296 g/mol. The fourth-order valence-corrected chi connectivity index (χ4v) is 2.28. The van der Waals surface area contributed by atoms with Crippen molar-refractivity contribution in [2.75, 3.05) is 13.1 Å². The molecule has 1 aromatic rings. The number of amides is 1. The number of ether oxygens (including phenoxy) is 1. The Morgan fingerprint density at radius 3 is 2.76 bits per heavy atom. The Morgan fingerprint density at radius 1 is 1.43 bits per heavy atom. The first kappa shape index (κ1) is 15.1. The predicted octanol–water partition coefficient (Wildman–Crippen LogP) is 2.95. The third kappa shape index (κ3) is 4.32. The fourth-order valence-electron chi connectivity index (χ4n) is 2.28. The second-order valence-corrected chi connectivity index (χ2v) is 4.78. The summed E-state index contributed by atoms with van der Waals surface area (Å²) in [5, 5.41) is 3.48. The molecule has 1 fully saturated rings. The fraction of sp³-hybridized carbons (Fsp3) is 0.462. The highest BCUT2D eigenvalue weighted by Crippen LogP contribution is 2.22. The van der Waals surface area contributed by atoms with Gasteiger partial charge in [0.05, 0.1) is 0 Å². The molecule has 1 aliphatic rings. The molecule has 0 spiro atoms. The predicted molar refractivity (Wildman–Crippen MR) is 70.6 cm³/mol. The zero-order valence-electron chi connectivity index (χ0n) is 11.2. The first-order chi connectivity index (χ1) is 10.1. The van der Waals surface area contributed by atoms with Crippen LogP contribution in [0.5, 0.6) is 5.75 Å². The molecule has 1 heterocycles. The van der Waals surface area contributed by atoms with Crippen LogP contribution in [0, 0.1) is 5.92 Å². The van der Waals surface area contributed by atoms with E-state index in [1.54, 1.807) is 17.0 Å². The highest BCUT2D eigenvalue weighted by Gasteiger charge is 2.28. The van der Waals surface area contributed by atoms with E-state index in [1.807, 2.05) is 0 Å². The van der Waals surface area contributed by atoms with Gasteiger partial charge in [-0.3, -0.25) is 4.79 Å². The van der Waals surface area contributed by atoms with E-state index < -0.39 is 6.61 Å². The van der Waals surface area contributed by atoms with Crippen LogP contribution in [0.15, 0.2) is 29.4 Å². The molecule has 8 heteroatoms. The molecule has 0 radical (unpaired) electrons. The van der Waals surface area contributed by atoms with Crippen molar-refractivity contribution < 1.29 is 18.3 Å². The maximum Gasteiger partial charge on any atom is 0.387 e. The molecule has 6 nitrogen and oxygen atoms in total. The van der Waals surface area contributed by atoms with E-state index in [0.717, 1.165) is 5.56 Å². The van der Waals surface area contributed by atoms with Crippen LogP contribution in [-0.2, 0) is 11.3 Å². The summed E-state index contributed by atoms with van der Waals surface area (Å²) in [6.45, 7) is -1.61. The number of rotatable bonds is 6. The zero-order chi connectivity index (χ0) is 15.2. The summed E-state index contributed by atoms with van der Waals surface area (Å²) < 4.78 is 28.3. The molecule has 1 amide bonds. The average Bonchev–Trinajstić information content (AvgIpc) is 2.78. The maximum atomic E-state index is 12.0. The summed E-state index contributed by atoms with van der Waals surface area (Å²) in [7, 11) is 0. The lowest BCUT2D eigenvalue weighted by atomic mass is 10.1. The molecule has 1 aliphatic heterocycles. The summed E-state index contributed by atoms with van der Waals surface area (Å²) >= 11 is 0. The second-order valence-electron chi connectivity index (χ2n) is 4.78. The van der Waals surface area contributed by atoms with Gasteiger partial charge in [0.25, 0.3) is 0 Å². The van der Waals surface area contributed by atoms with Crippen LogP contribution in [0.2, 0.25) is 0 Å². The smallest absolute Gasteiger partial charge is 0.387 e. The van der Waals surface area contributed by atoms with E-state index in [0.29, 0.717) is 26.1 Å². The number of hydrogen-bond donors (Lipinski definition) is 0. The van der Waals surface area contributed by atoms with Crippen LogP contribution in [0.3, 0.4) is 0 Å². The van der Waals surface area contributed by atoms with Crippen LogP contribution in [0.4, 0.5) is 8.78 Å². The van der Waals surface area contributed by atoms with Crippen LogP contribution in [0.1, 0.15) is 12.0 Å². The number of carbonyl (C=O) groups is 1. The molecule has 1 atom stereocenters. The number of azide groups is 1. The van der Waals surface area contributed by atoms with Gasteiger partial charge in [-0.1, -0.05) is 17.2 Å². The SMILES string of the molecule is [N-]=[N+]=NCC1CC(=O)N(Cc2ccc(OC(F)F)cc2)C1. The lowest BCUT2D eigenvalue weighted by Gasteiger charge is -2.16. The monoisotopic (exact) mass is 296 g/mol. The van der Waals surface area contributed by atoms with E-state index in [2.05, 4.69) is 14.8 Å². The molecule has 0 N–H and O–H groups in total. The molecule has 1 unspecified atom stereocenters. The van der Waals surface area contributed by atoms with Gasteiger partial charge in [0.1, 0.15) is 5.75 Å². The van der Waals surface area contributed by atoms with Crippen molar-refractivity contribution in [3.8, 4) is 5.75 Å². The Kier molecular flexibility index (Phi) is 4.94. The minimum atomic E-state index is -2.85. The van der Waals surface area contributed by atoms with Crippen molar-refractivity contribution in [1.82, 2.24) is 4.90 Å². The topological polar surface area (TPSA) is 78.3 Å². The van der Waals surface area contributed by atoms with E-state index in [9.17, 15) is 13.6 Å². The Labute approximate surface area is 119 Å². The quantitative estimate of drug-likeness (QED) is 0.459. The molecule has 0 aromatic heterocycles. The van der Waals surface area contributed by atoms with Crippen LogP contribution >= 0.6 is 0 Å². The molecular weight excluding hydrogens is 282 g/mol. The lowest BCUT2D eigenvalue weighted by molar-refractivity contribution is -0.128. The largest absolute Gasteiger partial charge is 0.435 e. The number of alkyl halides is 2. The first-order valence-electron chi connectivity index (χ1n) is 6.41. The van der Waals surface area contributed by atoms with Crippen molar-refractivity contribution in [3.05, 3.63) is 40.3 Å². The summed E-state index contributed by atoms with van der Waals surface area (Å²) in [6, 6.07) is 6.18. The van der Waals surface area contributed by atoms with Crippen molar-refractivity contribution in [2.45, 2.75) is 19.6 Å². The number of carbonyl (C=O) groups excluding carboxylic acids is 1. The van der Waals surface area contributed by atoms with Gasteiger partial charge in [0, 0.05) is 31.0 Å². The lowest BCUT2D eigenvalue weighted by Crippen LogP contribution is -2.24. The van der Waals surface area contributed by atoms with Crippen LogP contribution < -0.4 is 4.74 Å². The Bertz CT molecular complexity index is 544. The molecule has 1 saturated heterocycles. The molecular formula is C13H14F2N4O2. The van der Waals surface area contributed by atoms with Crippen molar-refractivity contribution in [1.29, 1.82) is 0 Å². The van der Waals surface area contributed by atoms with Gasteiger partial charge >= 0.3 is 6.61 Å². The highest BCUT2D eigenvalue weighted by molar-refractivity contribution is 5.78. The number of halogens is 2. The summed E-state index contributed by atoms with van der Waals surface area (Å²) in [5.74, 6) is 0.124. The molecule has 1 aromatic carbocycles. The van der Waals surface area contributed by atoms with Gasteiger partial charge < -0.3 is 9.64 Å². The molecule has 2 rings (SSSR count). The minimum Gasteiger partial charge on any atom is -0.435 e. The molecule has 0 aliphatic carbocycles. The van der Waals surface area contributed by atoms with Gasteiger partial charge in [-0.05, 0) is 29.1 Å². The third-order valence-electron chi connectivity index (χ3n) is 3.22. The zero-order valence-corrected chi connectivity index (χ0v) is 11.2. The van der Waals surface area contributed by atoms with Gasteiger partial charge in [-0.25, -0.2) is 0 Å². The van der Waals surface area contributed by atoms with E-state index in [4.69, 9.17) is 5.53 Å². The Morgan fingerprint density at radius 2 is 2.14 bits per heavy atom. The first-order valence-corrected chi connectivity index (χ1v) is 6.41. The molecule has 112 valence electrons. The van der Waals surface area contributed by atoms with Crippen molar-refractivity contribution in [2.24, 2.45) is 11.0 Å². The van der Waals surface area contributed by atoms with E-state index >= 15 is 0 Å². The normalized spacial score (nSPS) is 18.0. The number of nitrogens with zero attached hydrogens (tertiary/aromatic N) is 4. The molecule has 0 saturated carbocycles. The molecule has 0 bridgehead atoms. The maximum absolute atomic E-state index is 12.0. The van der Waals surface area contributed by atoms with Gasteiger partial charge in [0.15, 0.2) is 0 Å². The second kappa shape index (κ2) is 6.90. The minimum absolute atomic E-state index is 0.000969. The van der Waals surface area contributed by atoms with Gasteiger partial charge in [0.2, 0.25) is 5.91 Å². The Balaban J connectivity index is 1.92. The van der Waals surface area contributed by atoms with Crippen molar-refractivity contribution >= 4 is 5.91 Å². The van der Waals surface area contributed by atoms with Crippen LogP contribution in [0.25, 0.3) is 10.4 Å². The summed E-state index contributed by atoms with van der Waals surface area (Å²) in [5.41, 5.74) is 9.10. The van der Waals surface area contributed by atoms with E-state index in [1.165, 1.54) is 12.1 Å². The van der Waals surface area contributed by atoms with Gasteiger partial charge in [-0.15, -0.1) is 0 Å². The summed E-state index contributed by atoms with van der Waals surface area (Å²) in [4.78, 5) is 16.2. The number of hydrogen-bond acceptors (Lipinski definition) is 3. The number of likely N-dealkylation sites (tertiary alicyclic amines) is 1. The Hall–Kier alpha value is -2.34. The number of benzene rings is 1. The highest BCUT2D eigenvalue weighted by atomic mass is 19.3.